The lowest BCUT2D eigenvalue weighted by molar-refractivity contribution is 0.0881. The maximum absolute atomic E-state index is 11.7. The molecule has 0 spiro atoms. The molecule has 0 aliphatic heterocycles. The first kappa shape index (κ1) is 12.8. The Labute approximate surface area is 118 Å². The van der Waals surface area contributed by atoms with Gasteiger partial charge in [-0.05, 0) is 16.8 Å². The van der Waals surface area contributed by atoms with Crippen LogP contribution >= 0.6 is 11.3 Å². The van der Waals surface area contributed by atoms with E-state index in [1.54, 1.807) is 11.3 Å². The summed E-state index contributed by atoms with van der Waals surface area (Å²) in [5.41, 5.74) is 0.823. The van der Waals surface area contributed by atoms with Crippen LogP contribution in [0, 0.1) is 0 Å². The molecule has 3 aromatic rings. The smallest absolute Gasteiger partial charge is 0.289 e. The van der Waals surface area contributed by atoms with Crippen LogP contribution in [0.25, 0.3) is 10.1 Å². The van der Waals surface area contributed by atoms with Crippen molar-refractivity contribution >= 4 is 27.3 Å². The lowest BCUT2D eigenvalue weighted by Crippen LogP contribution is -2.27. The number of rotatable bonds is 4. The van der Waals surface area contributed by atoms with Gasteiger partial charge in [0.15, 0.2) is 0 Å². The number of aliphatic hydroxyl groups is 1. The lowest BCUT2D eigenvalue weighted by Gasteiger charge is -2.10. The van der Waals surface area contributed by atoms with Crippen molar-refractivity contribution in [2.24, 2.45) is 0 Å². The number of thiophene rings is 1. The third kappa shape index (κ3) is 2.43. The summed E-state index contributed by atoms with van der Waals surface area (Å²) >= 11 is 1.57. The van der Waals surface area contributed by atoms with Gasteiger partial charge in [-0.25, -0.2) is 0 Å². The summed E-state index contributed by atoms with van der Waals surface area (Å²) in [7, 11) is 0. The molecule has 1 atom stereocenters. The predicted octanol–water partition coefficient (Wildman–Crippen LogP) is 2.35. The molecule has 3 rings (SSSR count). The number of aromatic nitrogens is 1. The molecule has 5 nitrogen and oxygen atoms in total. The average molecular weight is 288 g/mol. The molecule has 0 radical (unpaired) electrons. The van der Waals surface area contributed by atoms with Crippen molar-refractivity contribution in [3.05, 3.63) is 53.2 Å². The number of aliphatic hydroxyl groups excluding tert-OH is 1. The van der Waals surface area contributed by atoms with Crippen molar-refractivity contribution in [2.45, 2.75) is 6.10 Å². The molecule has 0 aliphatic carbocycles. The highest BCUT2D eigenvalue weighted by Gasteiger charge is 2.16. The van der Waals surface area contributed by atoms with E-state index in [1.807, 2.05) is 29.6 Å². The summed E-state index contributed by atoms with van der Waals surface area (Å²) in [4.78, 5) is 11.7. The summed E-state index contributed by atoms with van der Waals surface area (Å²) in [5, 5.41) is 19.2. The number of hydrogen-bond donors (Lipinski definition) is 2. The molecule has 1 aromatic carbocycles. The van der Waals surface area contributed by atoms with E-state index in [2.05, 4.69) is 10.5 Å². The van der Waals surface area contributed by atoms with E-state index < -0.39 is 6.10 Å². The second kappa shape index (κ2) is 5.44. The fraction of sp³-hybridized carbons (Fsp3) is 0.143. The van der Waals surface area contributed by atoms with Gasteiger partial charge in [-0.15, -0.1) is 11.3 Å². The fourth-order valence-electron chi connectivity index (χ4n) is 1.98. The summed E-state index contributed by atoms with van der Waals surface area (Å²) in [6, 6.07) is 9.33. The van der Waals surface area contributed by atoms with Gasteiger partial charge in [0.2, 0.25) is 5.76 Å². The van der Waals surface area contributed by atoms with Crippen LogP contribution in [0.5, 0.6) is 0 Å². The van der Waals surface area contributed by atoms with Gasteiger partial charge in [0.05, 0.1) is 12.3 Å². The van der Waals surface area contributed by atoms with Gasteiger partial charge < -0.3 is 14.9 Å². The lowest BCUT2D eigenvalue weighted by atomic mass is 10.1. The molecule has 1 unspecified atom stereocenters. The van der Waals surface area contributed by atoms with Crippen LogP contribution in [0.15, 0.2) is 46.4 Å². The Morgan fingerprint density at radius 2 is 2.25 bits per heavy atom. The standard InChI is InChI=1S/C14H12N2O3S/c17-11(7-15-14(18)12-5-6-16-19-12)10-8-20-13-4-2-1-3-9(10)13/h1-6,8,11,17H,7H2,(H,15,18). The van der Waals surface area contributed by atoms with E-state index in [9.17, 15) is 9.90 Å². The van der Waals surface area contributed by atoms with Crippen molar-refractivity contribution in [1.82, 2.24) is 10.5 Å². The van der Waals surface area contributed by atoms with Gasteiger partial charge in [-0.2, -0.15) is 0 Å². The van der Waals surface area contributed by atoms with Gasteiger partial charge in [0.25, 0.3) is 5.91 Å². The highest BCUT2D eigenvalue weighted by atomic mass is 32.1. The number of nitrogens with one attached hydrogen (secondary N) is 1. The molecule has 102 valence electrons. The maximum Gasteiger partial charge on any atom is 0.289 e. The maximum atomic E-state index is 11.7. The Bertz CT molecular complexity index is 721. The minimum absolute atomic E-state index is 0.125. The summed E-state index contributed by atoms with van der Waals surface area (Å²) in [6.45, 7) is 0.125. The van der Waals surface area contributed by atoms with Gasteiger partial charge in [-0.3, -0.25) is 4.79 Å². The zero-order valence-electron chi connectivity index (χ0n) is 10.4. The Balaban J connectivity index is 1.70. The minimum atomic E-state index is -0.752. The molecule has 0 saturated heterocycles. The Hall–Kier alpha value is -2.18. The van der Waals surface area contributed by atoms with E-state index in [-0.39, 0.29) is 18.2 Å². The number of carbonyl (C=O) groups is 1. The normalized spacial score (nSPS) is 12.4. The zero-order valence-corrected chi connectivity index (χ0v) is 11.3. The molecule has 20 heavy (non-hydrogen) atoms. The summed E-state index contributed by atoms with van der Waals surface area (Å²) in [6.07, 6.45) is 0.649. The number of amides is 1. The first-order valence-electron chi connectivity index (χ1n) is 6.09. The molecular formula is C14H12N2O3S. The molecular weight excluding hydrogens is 276 g/mol. The topological polar surface area (TPSA) is 75.4 Å². The molecule has 2 heterocycles. The van der Waals surface area contributed by atoms with E-state index in [0.717, 1.165) is 15.6 Å². The summed E-state index contributed by atoms with van der Waals surface area (Å²) < 4.78 is 5.86. The van der Waals surface area contributed by atoms with E-state index in [4.69, 9.17) is 4.52 Å². The van der Waals surface area contributed by atoms with Crippen molar-refractivity contribution in [1.29, 1.82) is 0 Å². The zero-order chi connectivity index (χ0) is 13.9. The van der Waals surface area contributed by atoms with Crippen molar-refractivity contribution in [2.75, 3.05) is 6.54 Å². The third-order valence-electron chi connectivity index (χ3n) is 2.99. The van der Waals surface area contributed by atoms with Crippen molar-refractivity contribution in [3.63, 3.8) is 0 Å². The molecule has 2 aromatic heterocycles. The molecule has 0 saturated carbocycles. The van der Waals surface area contributed by atoms with Gasteiger partial charge in [-0.1, -0.05) is 23.4 Å². The van der Waals surface area contributed by atoms with E-state index >= 15 is 0 Å². The van der Waals surface area contributed by atoms with Crippen LogP contribution in [0.2, 0.25) is 0 Å². The van der Waals surface area contributed by atoms with E-state index in [1.165, 1.54) is 12.3 Å². The highest BCUT2D eigenvalue weighted by Crippen LogP contribution is 2.29. The largest absolute Gasteiger partial charge is 0.387 e. The minimum Gasteiger partial charge on any atom is -0.387 e. The van der Waals surface area contributed by atoms with Gasteiger partial charge in [0.1, 0.15) is 0 Å². The van der Waals surface area contributed by atoms with Gasteiger partial charge in [0, 0.05) is 22.9 Å². The van der Waals surface area contributed by atoms with Crippen LogP contribution in [0.4, 0.5) is 0 Å². The first-order chi connectivity index (χ1) is 9.75. The molecule has 2 N–H and O–H groups in total. The van der Waals surface area contributed by atoms with Crippen LogP contribution in [0.1, 0.15) is 22.2 Å². The molecule has 1 amide bonds. The Morgan fingerprint density at radius 1 is 1.40 bits per heavy atom. The first-order valence-corrected chi connectivity index (χ1v) is 6.97. The molecule has 6 heteroatoms. The number of nitrogens with zero attached hydrogens (tertiary/aromatic N) is 1. The number of hydrogen-bond acceptors (Lipinski definition) is 5. The molecule has 0 aliphatic rings. The average Bonchev–Trinajstić information content (AvgIpc) is 3.13. The second-order valence-electron chi connectivity index (χ2n) is 4.29. The highest BCUT2D eigenvalue weighted by molar-refractivity contribution is 7.17. The van der Waals surface area contributed by atoms with Gasteiger partial charge >= 0.3 is 0 Å². The SMILES string of the molecule is O=C(NCC(O)c1csc2ccccc12)c1ccno1. The molecule has 0 fully saturated rings. The molecule has 0 bridgehead atoms. The fourth-order valence-corrected chi connectivity index (χ4v) is 2.98. The predicted molar refractivity (Wildman–Crippen MR) is 75.6 cm³/mol. The Morgan fingerprint density at radius 3 is 3.05 bits per heavy atom. The van der Waals surface area contributed by atoms with Crippen LogP contribution in [-0.4, -0.2) is 22.7 Å². The van der Waals surface area contributed by atoms with E-state index in [0.29, 0.717) is 0 Å². The van der Waals surface area contributed by atoms with Crippen LogP contribution in [-0.2, 0) is 0 Å². The van der Waals surface area contributed by atoms with Crippen molar-refractivity contribution < 1.29 is 14.4 Å². The van der Waals surface area contributed by atoms with Crippen LogP contribution < -0.4 is 5.32 Å². The number of benzene rings is 1. The quantitative estimate of drug-likeness (QED) is 0.772. The second-order valence-corrected chi connectivity index (χ2v) is 5.20. The third-order valence-corrected chi connectivity index (χ3v) is 3.97. The summed E-state index contributed by atoms with van der Waals surface area (Å²) in [5.74, 6) is -0.256. The number of fused-ring (bicyclic) bond motifs is 1. The number of carbonyl (C=O) groups excluding carboxylic acids is 1. The van der Waals surface area contributed by atoms with Crippen molar-refractivity contribution in [3.8, 4) is 0 Å². The van der Waals surface area contributed by atoms with Crippen LogP contribution in [0.3, 0.4) is 0 Å². The Kier molecular flexibility index (Phi) is 3.49. The monoisotopic (exact) mass is 288 g/mol.